The summed E-state index contributed by atoms with van der Waals surface area (Å²) in [5.74, 6) is -1.21. The Balaban J connectivity index is 2.87. The number of carboxylic acid groups (broad SMARTS) is 1. The van der Waals surface area contributed by atoms with Gasteiger partial charge in [0.15, 0.2) is 0 Å². The molecule has 0 radical (unpaired) electrons. The van der Waals surface area contributed by atoms with Crippen LogP contribution in [0.2, 0.25) is 0 Å². The number of hydrogen-bond acceptors (Lipinski definition) is 2. The fraction of sp³-hybridized carbons (Fsp3) is 0.200. The Morgan fingerprint density at radius 3 is 2.79 bits per heavy atom. The number of allylic oxidation sites excluding steroid dienone is 3. The highest BCUT2D eigenvalue weighted by molar-refractivity contribution is 5.91. The second-order valence-corrected chi connectivity index (χ2v) is 2.88. The molecule has 74 valence electrons. The average Bonchev–Trinajstić information content (AvgIpc) is 2.28. The van der Waals surface area contributed by atoms with Crippen molar-refractivity contribution in [2.75, 3.05) is 0 Å². The van der Waals surface area contributed by atoms with Gasteiger partial charge in [-0.1, -0.05) is 18.2 Å². The molecule has 0 aromatic rings. The van der Waals surface area contributed by atoms with Crippen molar-refractivity contribution in [1.29, 1.82) is 0 Å². The smallest absolute Gasteiger partial charge is 0.335 e. The number of hydrogen-bond donors (Lipinski definition) is 2. The molecular weight excluding hydrogens is 182 g/mol. The molecule has 0 heterocycles. The van der Waals surface area contributed by atoms with Crippen molar-refractivity contribution in [3.05, 3.63) is 35.6 Å². The van der Waals surface area contributed by atoms with E-state index in [4.69, 9.17) is 5.11 Å². The molecule has 4 nitrogen and oxygen atoms in total. The number of nitrogens with one attached hydrogen (secondary N) is 1. The minimum Gasteiger partial charge on any atom is -0.478 e. The zero-order valence-electron chi connectivity index (χ0n) is 7.78. The van der Waals surface area contributed by atoms with E-state index in [2.05, 4.69) is 5.32 Å². The number of aliphatic carboxylic acids is 1. The maximum atomic E-state index is 10.8. The highest BCUT2D eigenvalue weighted by atomic mass is 16.4. The lowest BCUT2D eigenvalue weighted by Gasteiger charge is -2.01. The van der Waals surface area contributed by atoms with Crippen LogP contribution in [-0.4, -0.2) is 17.0 Å². The number of amides is 1. The highest BCUT2D eigenvalue weighted by Gasteiger charge is 2.07. The lowest BCUT2D eigenvalue weighted by molar-refractivity contribution is -0.132. The van der Waals surface area contributed by atoms with Crippen molar-refractivity contribution in [2.24, 2.45) is 0 Å². The minimum absolute atomic E-state index is 0.169. The van der Waals surface area contributed by atoms with Crippen LogP contribution in [-0.2, 0) is 9.59 Å². The SMILES string of the molecule is CC(=O)NC1=CCC=CC(C(=O)O)=C1. The van der Waals surface area contributed by atoms with Crippen molar-refractivity contribution in [3.8, 4) is 0 Å². The topological polar surface area (TPSA) is 66.4 Å². The van der Waals surface area contributed by atoms with Gasteiger partial charge in [0, 0.05) is 12.6 Å². The van der Waals surface area contributed by atoms with Gasteiger partial charge in [0.1, 0.15) is 0 Å². The maximum Gasteiger partial charge on any atom is 0.335 e. The number of carbonyl (C=O) groups excluding carboxylic acids is 1. The van der Waals surface area contributed by atoms with Crippen molar-refractivity contribution < 1.29 is 14.7 Å². The Morgan fingerprint density at radius 2 is 2.21 bits per heavy atom. The monoisotopic (exact) mass is 193 g/mol. The fourth-order valence-corrected chi connectivity index (χ4v) is 1.09. The quantitative estimate of drug-likeness (QED) is 0.686. The number of carboxylic acids is 1. The van der Waals surface area contributed by atoms with Gasteiger partial charge in [-0.25, -0.2) is 4.79 Å². The van der Waals surface area contributed by atoms with Crippen LogP contribution in [0.5, 0.6) is 0 Å². The summed E-state index contributed by atoms with van der Waals surface area (Å²) in [6.45, 7) is 1.38. The number of rotatable bonds is 2. The number of carbonyl (C=O) groups is 2. The molecule has 1 aliphatic rings. The molecule has 0 aromatic carbocycles. The third-order valence-corrected chi connectivity index (χ3v) is 1.65. The molecule has 0 saturated carbocycles. The van der Waals surface area contributed by atoms with Crippen LogP contribution in [0.15, 0.2) is 35.6 Å². The first-order valence-electron chi connectivity index (χ1n) is 4.19. The van der Waals surface area contributed by atoms with Gasteiger partial charge < -0.3 is 10.4 Å². The molecule has 1 aliphatic carbocycles. The van der Waals surface area contributed by atoms with E-state index >= 15 is 0 Å². The standard InChI is InChI=1S/C10H11NO3/c1-7(12)11-9-5-3-2-4-8(6-9)10(13)14/h2,4-6H,3H2,1H3,(H,11,12)(H,13,14). The third-order valence-electron chi connectivity index (χ3n) is 1.65. The van der Waals surface area contributed by atoms with Gasteiger partial charge in [0.05, 0.1) is 5.57 Å². The molecule has 0 bridgehead atoms. The van der Waals surface area contributed by atoms with Gasteiger partial charge in [-0.3, -0.25) is 4.79 Å². The zero-order valence-corrected chi connectivity index (χ0v) is 7.78. The van der Waals surface area contributed by atoms with Crippen molar-refractivity contribution in [2.45, 2.75) is 13.3 Å². The normalized spacial score (nSPS) is 15.2. The second kappa shape index (κ2) is 4.41. The summed E-state index contributed by atoms with van der Waals surface area (Å²) in [6, 6.07) is 0. The molecule has 0 atom stereocenters. The van der Waals surface area contributed by atoms with Gasteiger partial charge in [0.2, 0.25) is 5.91 Å². The summed E-state index contributed by atoms with van der Waals surface area (Å²) < 4.78 is 0. The van der Waals surface area contributed by atoms with E-state index in [1.54, 1.807) is 12.2 Å². The highest BCUT2D eigenvalue weighted by Crippen LogP contribution is 2.09. The molecule has 2 N–H and O–H groups in total. The van der Waals surface area contributed by atoms with Gasteiger partial charge in [-0.15, -0.1) is 0 Å². The van der Waals surface area contributed by atoms with Crippen molar-refractivity contribution in [1.82, 2.24) is 5.32 Å². The third kappa shape index (κ3) is 2.90. The molecule has 1 amide bonds. The first kappa shape index (κ1) is 10.2. The second-order valence-electron chi connectivity index (χ2n) is 2.88. The Bertz CT molecular complexity index is 350. The molecule has 1 rings (SSSR count). The van der Waals surface area contributed by atoms with Gasteiger partial charge in [0.25, 0.3) is 0 Å². The average molecular weight is 193 g/mol. The molecule has 0 saturated heterocycles. The van der Waals surface area contributed by atoms with Crippen molar-refractivity contribution in [3.63, 3.8) is 0 Å². The van der Waals surface area contributed by atoms with E-state index in [1.165, 1.54) is 19.1 Å². The first-order chi connectivity index (χ1) is 6.59. The summed E-state index contributed by atoms with van der Waals surface area (Å²) in [6.07, 6.45) is 7.06. The lowest BCUT2D eigenvalue weighted by Crippen LogP contribution is -2.18. The van der Waals surface area contributed by atoms with E-state index in [0.717, 1.165) is 0 Å². The van der Waals surface area contributed by atoms with E-state index in [9.17, 15) is 9.59 Å². The Hall–Kier alpha value is -1.84. The van der Waals surface area contributed by atoms with Crippen LogP contribution in [0.3, 0.4) is 0 Å². The van der Waals surface area contributed by atoms with Crippen LogP contribution in [0.1, 0.15) is 13.3 Å². The van der Waals surface area contributed by atoms with Gasteiger partial charge in [-0.05, 0) is 12.5 Å². The molecule has 4 heteroatoms. The van der Waals surface area contributed by atoms with Crippen molar-refractivity contribution >= 4 is 11.9 Å². The van der Waals surface area contributed by atoms with E-state index in [-0.39, 0.29) is 11.5 Å². The van der Waals surface area contributed by atoms with Crippen LogP contribution in [0.25, 0.3) is 0 Å². The summed E-state index contributed by atoms with van der Waals surface area (Å²) in [7, 11) is 0. The van der Waals surface area contributed by atoms with Gasteiger partial charge >= 0.3 is 5.97 Å². The fourth-order valence-electron chi connectivity index (χ4n) is 1.09. The molecule has 0 aliphatic heterocycles. The summed E-state index contributed by atoms with van der Waals surface area (Å²) in [5, 5.41) is 11.3. The van der Waals surface area contributed by atoms with Crippen LogP contribution in [0, 0.1) is 0 Å². The van der Waals surface area contributed by atoms with E-state index in [1.807, 2.05) is 0 Å². The Morgan fingerprint density at radius 1 is 1.50 bits per heavy atom. The summed E-state index contributed by atoms with van der Waals surface area (Å²) in [5.41, 5.74) is 0.697. The molecule has 0 unspecified atom stereocenters. The molecular formula is C10H11NO3. The Labute approximate surface area is 81.6 Å². The van der Waals surface area contributed by atoms with Crippen LogP contribution in [0.4, 0.5) is 0 Å². The molecule has 0 fully saturated rings. The van der Waals surface area contributed by atoms with E-state index < -0.39 is 5.97 Å². The molecule has 0 aromatic heterocycles. The predicted molar refractivity (Wildman–Crippen MR) is 51.4 cm³/mol. The van der Waals surface area contributed by atoms with Gasteiger partial charge in [-0.2, -0.15) is 0 Å². The maximum absolute atomic E-state index is 10.8. The van der Waals surface area contributed by atoms with Crippen LogP contribution < -0.4 is 5.32 Å². The largest absolute Gasteiger partial charge is 0.478 e. The lowest BCUT2D eigenvalue weighted by atomic mass is 10.2. The summed E-state index contributed by atoms with van der Waals surface area (Å²) >= 11 is 0. The predicted octanol–water partition coefficient (Wildman–Crippen LogP) is 0.977. The molecule has 0 spiro atoms. The zero-order chi connectivity index (χ0) is 10.6. The Kier molecular flexibility index (Phi) is 3.23. The van der Waals surface area contributed by atoms with Crippen LogP contribution >= 0.6 is 0 Å². The summed E-state index contributed by atoms with van der Waals surface area (Å²) in [4.78, 5) is 21.4. The first-order valence-corrected chi connectivity index (χ1v) is 4.19. The molecule has 14 heavy (non-hydrogen) atoms. The minimum atomic E-state index is -1.00. The van der Waals surface area contributed by atoms with E-state index in [0.29, 0.717) is 12.1 Å².